The predicted molar refractivity (Wildman–Crippen MR) is 110 cm³/mol. The molecule has 1 saturated heterocycles. The van der Waals surface area contributed by atoms with Gasteiger partial charge in [-0.2, -0.15) is 0 Å². The molecule has 0 aliphatic carbocycles. The van der Waals surface area contributed by atoms with Crippen molar-refractivity contribution in [1.29, 1.82) is 0 Å². The van der Waals surface area contributed by atoms with Crippen molar-refractivity contribution in [2.75, 3.05) is 40.4 Å². The molecule has 1 aliphatic rings. The third-order valence-corrected chi connectivity index (χ3v) is 5.75. The first kappa shape index (κ1) is 19.8. The summed E-state index contributed by atoms with van der Waals surface area (Å²) in [6, 6.07) is 9.55. The molecule has 0 amide bonds. The number of methoxy groups -OCH3 is 2. The Kier molecular flexibility index (Phi) is 6.70. The number of hydrogen-bond donors (Lipinski definition) is 1. The molecule has 1 fully saturated rings. The van der Waals surface area contributed by atoms with Crippen molar-refractivity contribution in [2.45, 2.75) is 6.04 Å². The minimum absolute atomic E-state index is 0.0567. The van der Waals surface area contributed by atoms with Gasteiger partial charge in [0.05, 0.1) is 24.7 Å². The van der Waals surface area contributed by atoms with Crippen molar-refractivity contribution in [2.24, 2.45) is 0 Å². The standard InChI is InChI=1S/C19H21BrCl2N2O2/c1-25-17-11-15(20)18(26-2)10-14(17)19(24-7-5-23-6-8-24)13-4-3-12(21)9-16(13)22/h3-4,9-11,19,23H,5-8H2,1-2H3. The Hall–Kier alpha value is -0.980. The van der Waals surface area contributed by atoms with E-state index < -0.39 is 0 Å². The van der Waals surface area contributed by atoms with Gasteiger partial charge >= 0.3 is 0 Å². The zero-order valence-electron chi connectivity index (χ0n) is 14.7. The average Bonchev–Trinajstić information content (AvgIpc) is 2.65. The fourth-order valence-electron chi connectivity index (χ4n) is 3.32. The van der Waals surface area contributed by atoms with Gasteiger partial charge in [0.25, 0.3) is 0 Å². The van der Waals surface area contributed by atoms with Crippen molar-refractivity contribution >= 4 is 39.1 Å². The van der Waals surface area contributed by atoms with Crippen LogP contribution in [0.2, 0.25) is 10.0 Å². The van der Waals surface area contributed by atoms with E-state index in [0.717, 1.165) is 53.3 Å². The summed E-state index contributed by atoms with van der Waals surface area (Å²) in [6.07, 6.45) is 0. The molecule has 0 radical (unpaired) electrons. The van der Waals surface area contributed by atoms with Crippen molar-refractivity contribution in [3.05, 3.63) is 56.0 Å². The van der Waals surface area contributed by atoms with Crippen LogP contribution in [0, 0.1) is 0 Å². The first-order valence-corrected chi connectivity index (χ1v) is 9.91. The Balaban J connectivity index is 2.17. The number of nitrogens with zero attached hydrogens (tertiary/aromatic N) is 1. The number of piperazine rings is 1. The molecule has 4 nitrogen and oxygen atoms in total. The topological polar surface area (TPSA) is 33.7 Å². The van der Waals surface area contributed by atoms with Crippen LogP contribution in [0.5, 0.6) is 11.5 Å². The molecule has 0 bridgehead atoms. The summed E-state index contributed by atoms with van der Waals surface area (Å²) in [6.45, 7) is 3.67. The molecule has 1 aliphatic heterocycles. The zero-order chi connectivity index (χ0) is 18.7. The molecule has 1 heterocycles. The molecule has 140 valence electrons. The van der Waals surface area contributed by atoms with Gasteiger partial charge in [0.15, 0.2) is 0 Å². The summed E-state index contributed by atoms with van der Waals surface area (Å²) < 4.78 is 12.1. The largest absolute Gasteiger partial charge is 0.496 e. The molecular weight excluding hydrogens is 439 g/mol. The normalized spacial score (nSPS) is 16.3. The molecule has 0 saturated carbocycles. The predicted octanol–water partition coefficient (Wildman–Crippen LogP) is 4.77. The second kappa shape index (κ2) is 8.81. The second-order valence-corrected chi connectivity index (χ2v) is 7.78. The minimum atomic E-state index is -0.0567. The SMILES string of the molecule is COc1cc(C(c2ccc(Cl)cc2Cl)N2CCNCC2)c(OC)cc1Br. The minimum Gasteiger partial charge on any atom is -0.496 e. The Morgan fingerprint density at radius 1 is 1.00 bits per heavy atom. The maximum absolute atomic E-state index is 6.59. The summed E-state index contributed by atoms with van der Waals surface area (Å²) in [5.74, 6) is 1.54. The zero-order valence-corrected chi connectivity index (χ0v) is 17.8. The molecule has 7 heteroatoms. The van der Waals surface area contributed by atoms with Crippen LogP contribution in [0.4, 0.5) is 0 Å². The van der Waals surface area contributed by atoms with Gasteiger partial charge in [0, 0.05) is 41.8 Å². The van der Waals surface area contributed by atoms with Gasteiger partial charge in [-0.15, -0.1) is 0 Å². The first-order valence-electron chi connectivity index (χ1n) is 8.36. The van der Waals surface area contributed by atoms with E-state index in [-0.39, 0.29) is 6.04 Å². The van der Waals surface area contributed by atoms with Crippen molar-refractivity contribution < 1.29 is 9.47 Å². The van der Waals surface area contributed by atoms with Gasteiger partial charge in [0.1, 0.15) is 11.5 Å². The molecule has 2 aromatic rings. The number of hydrogen-bond acceptors (Lipinski definition) is 4. The lowest BCUT2D eigenvalue weighted by atomic mass is 9.95. The fraction of sp³-hybridized carbons (Fsp3) is 0.368. The highest BCUT2D eigenvalue weighted by Gasteiger charge is 2.29. The van der Waals surface area contributed by atoms with Gasteiger partial charge in [-0.05, 0) is 45.8 Å². The van der Waals surface area contributed by atoms with E-state index in [9.17, 15) is 0 Å². The number of ether oxygens (including phenoxy) is 2. The van der Waals surface area contributed by atoms with Crippen LogP contribution >= 0.6 is 39.1 Å². The highest BCUT2D eigenvalue weighted by Crippen LogP contribution is 2.42. The molecule has 0 spiro atoms. The van der Waals surface area contributed by atoms with Gasteiger partial charge in [-0.25, -0.2) is 0 Å². The van der Waals surface area contributed by atoms with Crippen LogP contribution < -0.4 is 14.8 Å². The molecule has 0 aromatic heterocycles. The Morgan fingerprint density at radius 3 is 2.31 bits per heavy atom. The van der Waals surface area contributed by atoms with Crippen LogP contribution in [-0.4, -0.2) is 45.3 Å². The smallest absolute Gasteiger partial charge is 0.133 e. The number of nitrogens with one attached hydrogen (secondary N) is 1. The summed E-state index contributed by atoms with van der Waals surface area (Å²) in [4.78, 5) is 2.40. The van der Waals surface area contributed by atoms with Crippen molar-refractivity contribution in [1.82, 2.24) is 10.2 Å². The quantitative estimate of drug-likeness (QED) is 0.698. The third-order valence-electron chi connectivity index (χ3n) is 4.57. The summed E-state index contributed by atoms with van der Waals surface area (Å²) >= 11 is 16.2. The van der Waals surface area contributed by atoms with E-state index in [4.69, 9.17) is 32.7 Å². The van der Waals surface area contributed by atoms with Gasteiger partial charge < -0.3 is 14.8 Å². The lowest BCUT2D eigenvalue weighted by molar-refractivity contribution is 0.195. The highest BCUT2D eigenvalue weighted by molar-refractivity contribution is 9.10. The highest BCUT2D eigenvalue weighted by atomic mass is 79.9. The van der Waals surface area contributed by atoms with E-state index in [0.29, 0.717) is 10.0 Å². The Morgan fingerprint density at radius 2 is 1.69 bits per heavy atom. The molecule has 26 heavy (non-hydrogen) atoms. The first-order chi connectivity index (χ1) is 12.5. The molecule has 2 aromatic carbocycles. The van der Waals surface area contributed by atoms with Crippen LogP contribution in [0.3, 0.4) is 0 Å². The van der Waals surface area contributed by atoms with Crippen LogP contribution in [0.25, 0.3) is 0 Å². The Bertz CT molecular complexity index is 782. The maximum atomic E-state index is 6.59. The molecular formula is C19H21BrCl2N2O2. The number of halogens is 3. The molecule has 1 atom stereocenters. The lowest BCUT2D eigenvalue weighted by Gasteiger charge is -2.36. The van der Waals surface area contributed by atoms with Crippen LogP contribution in [0.1, 0.15) is 17.2 Å². The van der Waals surface area contributed by atoms with Gasteiger partial charge in [-0.1, -0.05) is 29.3 Å². The molecule has 1 unspecified atom stereocenters. The second-order valence-electron chi connectivity index (χ2n) is 6.08. The van der Waals surface area contributed by atoms with Crippen molar-refractivity contribution in [3.8, 4) is 11.5 Å². The summed E-state index contributed by atoms with van der Waals surface area (Å²) in [7, 11) is 3.33. The Labute approximate surface area is 172 Å². The van der Waals surface area contributed by atoms with E-state index in [1.807, 2.05) is 24.3 Å². The van der Waals surface area contributed by atoms with E-state index in [2.05, 4.69) is 26.1 Å². The average molecular weight is 460 g/mol. The monoisotopic (exact) mass is 458 g/mol. The molecule has 3 rings (SSSR count). The summed E-state index contributed by atoms with van der Waals surface area (Å²) in [5, 5.41) is 4.66. The third kappa shape index (κ3) is 4.12. The number of benzene rings is 2. The maximum Gasteiger partial charge on any atom is 0.133 e. The molecule has 1 N–H and O–H groups in total. The fourth-order valence-corrected chi connectivity index (χ4v) is 4.32. The number of rotatable bonds is 5. The lowest BCUT2D eigenvalue weighted by Crippen LogP contribution is -2.45. The summed E-state index contributed by atoms with van der Waals surface area (Å²) in [5.41, 5.74) is 2.01. The van der Waals surface area contributed by atoms with Crippen molar-refractivity contribution in [3.63, 3.8) is 0 Å². The van der Waals surface area contributed by atoms with Gasteiger partial charge in [0.2, 0.25) is 0 Å². The van der Waals surface area contributed by atoms with E-state index in [1.54, 1.807) is 20.3 Å². The van der Waals surface area contributed by atoms with Crippen LogP contribution in [0.15, 0.2) is 34.8 Å². The van der Waals surface area contributed by atoms with Crippen LogP contribution in [-0.2, 0) is 0 Å². The van der Waals surface area contributed by atoms with E-state index in [1.165, 1.54) is 0 Å². The van der Waals surface area contributed by atoms with Gasteiger partial charge in [-0.3, -0.25) is 4.90 Å². The van der Waals surface area contributed by atoms with E-state index >= 15 is 0 Å².